The van der Waals surface area contributed by atoms with E-state index in [2.05, 4.69) is 5.10 Å². The van der Waals surface area contributed by atoms with Gasteiger partial charge in [-0.2, -0.15) is 5.10 Å². The molecule has 0 spiro atoms. The van der Waals surface area contributed by atoms with E-state index >= 15 is 0 Å². The van der Waals surface area contributed by atoms with E-state index in [1.807, 2.05) is 13.2 Å². The molecule has 0 amide bonds. The van der Waals surface area contributed by atoms with Gasteiger partial charge >= 0.3 is 0 Å². The maximum absolute atomic E-state index is 11.1. The van der Waals surface area contributed by atoms with Gasteiger partial charge in [-0.1, -0.05) is 0 Å². The number of hydrogen-bond donors (Lipinski definition) is 0. The topological polar surface area (TPSA) is 44.1 Å². The van der Waals surface area contributed by atoms with E-state index in [0.717, 1.165) is 5.56 Å². The third-order valence-corrected chi connectivity index (χ3v) is 2.21. The zero-order chi connectivity index (χ0) is 9.26. The number of Topliss-reactive ketones (excluding diaryl/α,β-unsaturated/α-hetero) is 1. The molecule has 1 aromatic heterocycles. The molecule has 4 heteroatoms. The van der Waals surface area contributed by atoms with Gasteiger partial charge < -0.3 is 4.74 Å². The summed E-state index contributed by atoms with van der Waals surface area (Å²) >= 11 is 0. The van der Waals surface area contributed by atoms with Crippen LogP contribution in [0.1, 0.15) is 24.5 Å². The molecule has 13 heavy (non-hydrogen) atoms. The average Bonchev–Trinajstić information content (AvgIpc) is 2.52. The number of ketones is 1. The van der Waals surface area contributed by atoms with Crippen molar-refractivity contribution in [3.8, 4) is 0 Å². The minimum atomic E-state index is -0.0741. The highest BCUT2D eigenvalue weighted by Gasteiger charge is 2.22. The Bertz CT molecular complexity index is 319. The van der Waals surface area contributed by atoms with Gasteiger partial charge in [-0.3, -0.25) is 9.48 Å². The average molecular weight is 180 g/mol. The van der Waals surface area contributed by atoms with Gasteiger partial charge in [-0.15, -0.1) is 0 Å². The van der Waals surface area contributed by atoms with Crippen molar-refractivity contribution >= 4 is 5.78 Å². The van der Waals surface area contributed by atoms with Crippen molar-refractivity contribution in [1.82, 2.24) is 9.78 Å². The fourth-order valence-electron chi connectivity index (χ4n) is 1.50. The summed E-state index contributed by atoms with van der Waals surface area (Å²) in [6.07, 6.45) is 4.62. The maximum Gasteiger partial charge on any atom is 0.138 e. The summed E-state index contributed by atoms with van der Waals surface area (Å²) < 4.78 is 7.19. The van der Waals surface area contributed by atoms with Crippen LogP contribution in [0.4, 0.5) is 0 Å². The zero-order valence-electron chi connectivity index (χ0n) is 7.56. The van der Waals surface area contributed by atoms with Gasteiger partial charge in [0.1, 0.15) is 5.78 Å². The first-order valence-electron chi connectivity index (χ1n) is 4.37. The number of aromatic nitrogens is 2. The van der Waals surface area contributed by atoms with E-state index in [4.69, 9.17) is 4.74 Å². The molecule has 0 bridgehead atoms. The smallest absolute Gasteiger partial charge is 0.138 e. The van der Waals surface area contributed by atoms with Crippen LogP contribution >= 0.6 is 0 Å². The van der Waals surface area contributed by atoms with Crippen LogP contribution in [0.2, 0.25) is 0 Å². The van der Waals surface area contributed by atoms with E-state index in [1.54, 1.807) is 10.9 Å². The van der Waals surface area contributed by atoms with Crippen LogP contribution in [0, 0.1) is 0 Å². The van der Waals surface area contributed by atoms with Gasteiger partial charge in [0, 0.05) is 31.6 Å². The van der Waals surface area contributed by atoms with Crippen molar-refractivity contribution in [3.05, 3.63) is 18.0 Å². The molecule has 70 valence electrons. The molecule has 1 aliphatic heterocycles. The van der Waals surface area contributed by atoms with Crippen molar-refractivity contribution in [3.63, 3.8) is 0 Å². The summed E-state index contributed by atoms with van der Waals surface area (Å²) in [5, 5.41) is 4.04. The molecule has 0 saturated carbocycles. The van der Waals surface area contributed by atoms with Crippen LogP contribution in [0.15, 0.2) is 12.4 Å². The van der Waals surface area contributed by atoms with Crippen molar-refractivity contribution in [2.45, 2.75) is 18.9 Å². The van der Waals surface area contributed by atoms with Crippen LogP contribution in [-0.4, -0.2) is 22.2 Å². The Balaban J connectivity index is 2.12. The van der Waals surface area contributed by atoms with E-state index in [9.17, 15) is 4.79 Å². The standard InChI is InChI=1S/C9H12N2O2/c1-11-6-7(5-10-11)9-4-8(12)2-3-13-9/h5-6,9H,2-4H2,1H3. The lowest BCUT2D eigenvalue weighted by Gasteiger charge is -2.20. The fourth-order valence-corrected chi connectivity index (χ4v) is 1.50. The van der Waals surface area contributed by atoms with Gasteiger partial charge in [-0.25, -0.2) is 0 Å². The highest BCUT2D eigenvalue weighted by atomic mass is 16.5. The van der Waals surface area contributed by atoms with Crippen LogP contribution in [0.5, 0.6) is 0 Å². The lowest BCUT2D eigenvalue weighted by atomic mass is 10.0. The molecule has 1 aliphatic rings. The van der Waals surface area contributed by atoms with E-state index in [0.29, 0.717) is 19.4 Å². The number of aryl methyl sites for hydroxylation is 1. The predicted molar refractivity (Wildman–Crippen MR) is 46.1 cm³/mol. The van der Waals surface area contributed by atoms with Gasteiger partial charge in [0.25, 0.3) is 0 Å². The van der Waals surface area contributed by atoms with Gasteiger partial charge in [0.15, 0.2) is 0 Å². The summed E-state index contributed by atoms with van der Waals surface area (Å²) in [6.45, 7) is 0.540. The molecule has 4 nitrogen and oxygen atoms in total. The molecule has 1 fully saturated rings. The molecule has 0 aromatic carbocycles. The molecule has 0 radical (unpaired) electrons. The summed E-state index contributed by atoms with van der Waals surface area (Å²) in [6, 6.07) is 0. The van der Waals surface area contributed by atoms with Crippen molar-refractivity contribution in [2.24, 2.45) is 7.05 Å². The second kappa shape index (κ2) is 3.30. The summed E-state index contributed by atoms with van der Waals surface area (Å²) in [5.74, 6) is 0.278. The Morgan fingerprint density at radius 1 is 1.69 bits per heavy atom. The minimum absolute atomic E-state index is 0.0741. The molecular formula is C9H12N2O2. The Morgan fingerprint density at radius 3 is 3.15 bits per heavy atom. The second-order valence-electron chi connectivity index (χ2n) is 3.30. The van der Waals surface area contributed by atoms with Gasteiger partial charge in [-0.05, 0) is 0 Å². The molecule has 2 rings (SSSR count). The predicted octanol–water partition coefficient (Wildman–Crippen LogP) is 0.841. The normalized spacial score (nSPS) is 23.5. The number of rotatable bonds is 1. The molecule has 2 heterocycles. The van der Waals surface area contributed by atoms with Crippen molar-refractivity contribution < 1.29 is 9.53 Å². The Kier molecular flexibility index (Phi) is 2.14. The lowest BCUT2D eigenvalue weighted by molar-refractivity contribution is -0.128. The second-order valence-corrected chi connectivity index (χ2v) is 3.30. The number of carbonyl (C=O) groups excluding carboxylic acids is 1. The third-order valence-electron chi connectivity index (χ3n) is 2.21. The SMILES string of the molecule is Cn1cc(C2CC(=O)CCO2)cn1. The van der Waals surface area contributed by atoms with Crippen LogP contribution < -0.4 is 0 Å². The first-order valence-corrected chi connectivity index (χ1v) is 4.37. The lowest BCUT2D eigenvalue weighted by Crippen LogP contribution is -2.18. The summed E-state index contributed by atoms with van der Waals surface area (Å²) in [7, 11) is 1.86. The largest absolute Gasteiger partial charge is 0.372 e. The molecule has 1 atom stereocenters. The Hall–Kier alpha value is -1.16. The van der Waals surface area contributed by atoms with Gasteiger partial charge in [0.2, 0.25) is 0 Å². The quantitative estimate of drug-likeness (QED) is 0.643. The summed E-state index contributed by atoms with van der Waals surface area (Å²) in [5.41, 5.74) is 0.996. The van der Waals surface area contributed by atoms with Gasteiger partial charge in [0.05, 0.1) is 18.9 Å². The van der Waals surface area contributed by atoms with Crippen LogP contribution in [-0.2, 0) is 16.6 Å². The molecule has 1 saturated heterocycles. The first kappa shape index (κ1) is 8.44. The zero-order valence-corrected chi connectivity index (χ0v) is 7.56. The molecule has 0 aliphatic carbocycles. The monoisotopic (exact) mass is 180 g/mol. The van der Waals surface area contributed by atoms with E-state index < -0.39 is 0 Å². The van der Waals surface area contributed by atoms with E-state index in [-0.39, 0.29) is 11.9 Å². The number of carbonyl (C=O) groups is 1. The molecule has 0 N–H and O–H groups in total. The summed E-state index contributed by atoms with van der Waals surface area (Å²) in [4.78, 5) is 11.1. The highest BCUT2D eigenvalue weighted by molar-refractivity contribution is 5.79. The number of ether oxygens (including phenoxy) is 1. The maximum atomic E-state index is 11.1. The van der Waals surface area contributed by atoms with Crippen LogP contribution in [0.25, 0.3) is 0 Å². The fraction of sp³-hybridized carbons (Fsp3) is 0.556. The minimum Gasteiger partial charge on any atom is -0.372 e. The van der Waals surface area contributed by atoms with Crippen molar-refractivity contribution in [1.29, 1.82) is 0 Å². The Labute approximate surface area is 76.5 Å². The number of nitrogens with zero attached hydrogens (tertiary/aromatic N) is 2. The van der Waals surface area contributed by atoms with E-state index in [1.165, 1.54) is 0 Å². The Morgan fingerprint density at radius 2 is 2.54 bits per heavy atom. The third kappa shape index (κ3) is 1.78. The first-order chi connectivity index (χ1) is 6.25. The number of hydrogen-bond acceptors (Lipinski definition) is 3. The van der Waals surface area contributed by atoms with Crippen molar-refractivity contribution in [2.75, 3.05) is 6.61 Å². The molecular weight excluding hydrogens is 168 g/mol. The molecule has 1 aromatic rings. The highest BCUT2D eigenvalue weighted by Crippen LogP contribution is 2.25. The van der Waals surface area contributed by atoms with Crippen LogP contribution in [0.3, 0.4) is 0 Å². The molecule has 1 unspecified atom stereocenters.